The van der Waals surface area contributed by atoms with Crippen LogP contribution in [0.25, 0.3) is 0 Å². The molecule has 0 bridgehead atoms. The van der Waals surface area contributed by atoms with E-state index < -0.39 is 10.0 Å². The normalized spacial score (nSPS) is 23.8. The third-order valence-electron chi connectivity index (χ3n) is 4.63. The Kier molecular flexibility index (Phi) is 7.19. The van der Waals surface area contributed by atoms with Crippen LogP contribution >= 0.6 is 0 Å². The van der Waals surface area contributed by atoms with E-state index in [9.17, 15) is 13.2 Å². The number of hydrogen-bond donors (Lipinski definition) is 2. The minimum atomic E-state index is -3.31. The monoisotopic (exact) mass is 386 g/mol. The summed E-state index contributed by atoms with van der Waals surface area (Å²) in [5.41, 5.74) is 1.89. The number of amides is 1. The maximum atomic E-state index is 12.6. The summed E-state index contributed by atoms with van der Waals surface area (Å²) in [6, 6.07) is -0.277. The summed E-state index contributed by atoms with van der Waals surface area (Å²) in [5, 5.41) is 7.25. The third kappa shape index (κ3) is 6.07. The van der Waals surface area contributed by atoms with Crippen molar-refractivity contribution in [3.8, 4) is 0 Å². The molecule has 1 amide bonds. The second kappa shape index (κ2) is 8.96. The highest BCUT2D eigenvalue weighted by atomic mass is 32.2. The minimum absolute atomic E-state index is 0.0174. The number of ether oxygens (including phenoxy) is 1. The standard InChI is InChI=1S/C17H30N4O4S/c1-5-8-25-16-9-13(6-7-15(16)20-26(4,23)24)17(22)18-10-14-11-21(3)19-12(14)2/h11,13,15-16,20H,5-10H2,1-4H3,(H,18,22)/t13-,15-,16-/m0/s1. The first kappa shape index (κ1) is 20.9. The van der Waals surface area contributed by atoms with Gasteiger partial charge in [0, 0.05) is 43.9 Å². The highest BCUT2D eigenvalue weighted by molar-refractivity contribution is 7.88. The molecule has 8 nitrogen and oxygen atoms in total. The van der Waals surface area contributed by atoms with Crippen LogP contribution < -0.4 is 10.0 Å². The van der Waals surface area contributed by atoms with Crippen molar-refractivity contribution in [3.05, 3.63) is 17.5 Å². The molecule has 0 saturated heterocycles. The Balaban J connectivity index is 1.95. The molecule has 3 atom stereocenters. The lowest BCUT2D eigenvalue weighted by Crippen LogP contribution is -2.49. The Morgan fingerprint density at radius 3 is 2.73 bits per heavy atom. The highest BCUT2D eigenvalue weighted by Gasteiger charge is 2.35. The first-order chi connectivity index (χ1) is 12.2. The maximum absolute atomic E-state index is 12.6. The van der Waals surface area contributed by atoms with Crippen molar-refractivity contribution in [2.24, 2.45) is 13.0 Å². The van der Waals surface area contributed by atoms with Crippen LogP contribution in [0.5, 0.6) is 0 Å². The van der Waals surface area contributed by atoms with Crippen LogP contribution in [0.3, 0.4) is 0 Å². The molecule has 0 unspecified atom stereocenters. The van der Waals surface area contributed by atoms with Gasteiger partial charge in [0.1, 0.15) is 0 Å². The smallest absolute Gasteiger partial charge is 0.223 e. The highest BCUT2D eigenvalue weighted by Crippen LogP contribution is 2.28. The molecule has 0 radical (unpaired) electrons. The molecule has 1 saturated carbocycles. The molecule has 1 aromatic rings. The van der Waals surface area contributed by atoms with Crippen molar-refractivity contribution < 1.29 is 17.9 Å². The zero-order valence-electron chi connectivity index (χ0n) is 16.0. The third-order valence-corrected chi connectivity index (χ3v) is 5.36. The number of carbonyl (C=O) groups is 1. The quantitative estimate of drug-likeness (QED) is 0.690. The number of nitrogens with zero attached hydrogens (tertiary/aromatic N) is 2. The summed E-state index contributed by atoms with van der Waals surface area (Å²) in [5.74, 6) is -0.192. The summed E-state index contributed by atoms with van der Waals surface area (Å²) in [6.45, 7) is 4.91. The fourth-order valence-corrected chi connectivity index (χ4v) is 4.20. The fraction of sp³-hybridized carbons (Fsp3) is 0.765. The number of aryl methyl sites for hydroxylation is 2. The van der Waals surface area contributed by atoms with Crippen LogP contribution in [-0.2, 0) is 33.1 Å². The Hall–Kier alpha value is -1.45. The van der Waals surface area contributed by atoms with Gasteiger partial charge in [0.25, 0.3) is 0 Å². The van der Waals surface area contributed by atoms with Crippen molar-refractivity contribution >= 4 is 15.9 Å². The van der Waals surface area contributed by atoms with Crippen molar-refractivity contribution in [3.63, 3.8) is 0 Å². The first-order valence-electron chi connectivity index (χ1n) is 9.05. The van der Waals surface area contributed by atoms with Crippen molar-refractivity contribution in [2.45, 2.75) is 58.2 Å². The molecule has 0 aromatic carbocycles. The van der Waals surface area contributed by atoms with Crippen LogP contribution in [0.2, 0.25) is 0 Å². The molecule has 148 valence electrons. The Bertz CT molecular complexity index is 716. The van der Waals surface area contributed by atoms with Crippen LogP contribution in [0.4, 0.5) is 0 Å². The van der Waals surface area contributed by atoms with E-state index in [4.69, 9.17) is 4.74 Å². The lowest BCUT2D eigenvalue weighted by atomic mass is 9.83. The van der Waals surface area contributed by atoms with Crippen LogP contribution in [-0.4, -0.2) is 49.1 Å². The Labute approximate surface area is 155 Å². The van der Waals surface area contributed by atoms with Gasteiger partial charge in [-0.05, 0) is 32.6 Å². The van der Waals surface area contributed by atoms with Crippen molar-refractivity contribution in [1.29, 1.82) is 0 Å². The number of aromatic nitrogens is 2. The average Bonchev–Trinajstić information content (AvgIpc) is 2.87. The largest absolute Gasteiger partial charge is 0.377 e. The number of carbonyl (C=O) groups excluding carboxylic acids is 1. The van der Waals surface area contributed by atoms with E-state index in [2.05, 4.69) is 15.1 Å². The molecule has 2 rings (SSSR count). The van der Waals surface area contributed by atoms with E-state index in [1.54, 1.807) is 4.68 Å². The van der Waals surface area contributed by atoms with Gasteiger partial charge < -0.3 is 10.1 Å². The average molecular weight is 387 g/mol. The zero-order valence-corrected chi connectivity index (χ0v) is 16.8. The first-order valence-corrected chi connectivity index (χ1v) is 10.9. The lowest BCUT2D eigenvalue weighted by Gasteiger charge is -2.35. The SMILES string of the molecule is CCCO[C@H]1C[C@@H](C(=O)NCc2cn(C)nc2C)CC[C@@H]1NS(C)(=O)=O. The number of hydrogen-bond acceptors (Lipinski definition) is 5. The van der Waals surface area contributed by atoms with Gasteiger partial charge in [-0.25, -0.2) is 13.1 Å². The van der Waals surface area contributed by atoms with E-state index in [-0.39, 0.29) is 24.0 Å². The Morgan fingerprint density at radius 2 is 2.15 bits per heavy atom. The van der Waals surface area contributed by atoms with Gasteiger partial charge in [0.15, 0.2) is 0 Å². The van der Waals surface area contributed by atoms with E-state index in [0.29, 0.717) is 32.4 Å². The van der Waals surface area contributed by atoms with E-state index in [1.807, 2.05) is 27.1 Å². The molecule has 9 heteroatoms. The maximum Gasteiger partial charge on any atom is 0.223 e. The van der Waals surface area contributed by atoms with Crippen molar-refractivity contribution in [2.75, 3.05) is 12.9 Å². The number of rotatable bonds is 8. The summed E-state index contributed by atoms with van der Waals surface area (Å²) < 4.78 is 33.4. The fourth-order valence-electron chi connectivity index (χ4n) is 3.38. The van der Waals surface area contributed by atoms with Gasteiger partial charge in [-0.1, -0.05) is 6.92 Å². The second-order valence-electron chi connectivity index (χ2n) is 7.05. The van der Waals surface area contributed by atoms with Gasteiger partial charge in [-0.2, -0.15) is 5.10 Å². The van der Waals surface area contributed by atoms with Crippen LogP contribution in [0, 0.1) is 12.8 Å². The van der Waals surface area contributed by atoms with Gasteiger partial charge in [-0.3, -0.25) is 9.48 Å². The van der Waals surface area contributed by atoms with Gasteiger partial charge in [0.05, 0.1) is 18.1 Å². The van der Waals surface area contributed by atoms with Gasteiger partial charge in [-0.15, -0.1) is 0 Å². The molecule has 26 heavy (non-hydrogen) atoms. The summed E-state index contributed by atoms with van der Waals surface area (Å²) in [4.78, 5) is 12.6. The van der Waals surface area contributed by atoms with Gasteiger partial charge in [0.2, 0.25) is 15.9 Å². The predicted octanol–water partition coefficient (Wildman–Crippen LogP) is 0.858. The number of sulfonamides is 1. The second-order valence-corrected chi connectivity index (χ2v) is 8.83. The topological polar surface area (TPSA) is 102 Å². The van der Waals surface area contributed by atoms with Gasteiger partial charge >= 0.3 is 0 Å². The lowest BCUT2D eigenvalue weighted by molar-refractivity contribution is -0.128. The molecule has 1 fully saturated rings. The molecule has 1 aromatic heterocycles. The molecule has 1 aliphatic carbocycles. The Morgan fingerprint density at radius 1 is 1.42 bits per heavy atom. The van der Waals surface area contributed by atoms with E-state index in [0.717, 1.165) is 23.9 Å². The predicted molar refractivity (Wildman–Crippen MR) is 98.9 cm³/mol. The van der Waals surface area contributed by atoms with E-state index in [1.165, 1.54) is 0 Å². The molecular formula is C17H30N4O4S. The molecular weight excluding hydrogens is 356 g/mol. The zero-order chi connectivity index (χ0) is 19.3. The van der Waals surface area contributed by atoms with Crippen LogP contribution in [0.15, 0.2) is 6.20 Å². The number of nitrogens with one attached hydrogen (secondary N) is 2. The molecule has 1 heterocycles. The molecule has 2 N–H and O–H groups in total. The summed E-state index contributed by atoms with van der Waals surface area (Å²) >= 11 is 0. The minimum Gasteiger partial charge on any atom is -0.377 e. The summed E-state index contributed by atoms with van der Waals surface area (Å²) in [6.07, 6.45) is 5.36. The molecule has 0 aliphatic heterocycles. The molecule has 0 spiro atoms. The van der Waals surface area contributed by atoms with Crippen molar-refractivity contribution in [1.82, 2.24) is 19.8 Å². The summed E-state index contributed by atoms with van der Waals surface area (Å²) in [7, 11) is -1.46. The molecule has 1 aliphatic rings. The van der Waals surface area contributed by atoms with E-state index >= 15 is 0 Å². The van der Waals surface area contributed by atoms with Crippen LogP contribution in [0.1, 0.15) is 43.9 Å².